The number of amides is 1. The minimum atomic E-state index is -1.21. The van der Waals surface area contributed by atoms with Gasteiger partial charge in [-0.25, -0.2) is 9.59 Å². The maximum Gasteiger partial charge on any atom is 0.407 e. The molecule has 156 valence electrons. The van der Waals surface area contributed by atoms with Gasteiger partial charge in [0.1, 0.15) is 12.6 Å². The van der Waals surface area contributed by atoms with E-state index in [0.29, 0.717) is 17.4 Å². The first-order chi connectivity index (χ1) is 15.1. The van der Waals surface area contributed by atoms with Gasteiger partial charge in [-0.1, -0.05) is 48.5 Å². The number of pyridine rings is 1. The van der Waals surface area contributed by atoms with Gasteiger partial charge in [0.25, 0.3) is 0 Å². The largest absolute Gasteiger partial charge is 0.480 e. The first-order valence-electron chi connectivity index (χ1n) is 9.80. The van der Waals surface area contributed by atoms with E-state index in [1.165, 1.54) is 18.5 Å². The monoisotopic (exact) mass is 416 g/mol. The van der Waals surface area contributed by atoms with Gasteiger partial charge in [-0.05, 0) is 33.9 Å². The topological polar surface area (TPSA) is 106 Å². The molecule has 0 saturated heterocycles. The lowest BCUT2D eigenvalue weighted by molar-refractivity contribution is -0.139. The van der Waals surface area contributed by atoms with Crippen LogP contribution in [0.5, 0.6) is 0 Å². The number of nitrogens with zero attached hydrogens (tertiary/aromatic N) is 1. The fourth-order valence-corrected chi connectivity index (χ4v) is 3.90. The zero-order valence-electron chi connectivity index (χ0n) is 16.5. The third-order valence-corrected chi connectivity index (χ3v) is 5.33. The number of hydrogen-bond acceptors (Lipinski definition) is 5. The van der Waals surface area contributed by atoms with Crippen LogP contribution in [0.25, 0.3) is 11.1 Å². The third kappa shape index (κ3) is 4.30. The Labute approximate surface area is 178 Å². The van der Waals surface area contributed by atoms with E-state index in [1.807, 2.05) is 48.5 Å². The molecule has 0 bridgehead atoms. The van der Waals surface area contributed by atoms with Gasteiger partial charge in [0.05, 0.1) is 0 Å². The SMILES string of the molecule is O=Cc1cncc(CC(NC(=O)OCC2c3ccccc3-c3ccccc32)C(=O)O)c1. The van der Waals surface area contributed by atoms with E-state index in [9.17, 15) is 19.5 Å². The summed E-state index contributed by atoms with van der Waals surface area (Å²) in [5.74, 6) is -1.32. The summed E-state index contributed by atoms with van der Waals surface area (Å²) in [6.07, 6.45) is 2.64. The van der Waals surface area contributed by atoms with Gasteiger partial charge in [-0.3, -0.25) is 9.78 Å². The van der Waals surface area contributed by atoms with Crippen LogP contribution in [0.1, 0.15) is 33.0 Å². The van der Waals surface area contributed by atoms with Gasteiger partial charge in [-0.15, -0.1) is 0 Å². The zero-order valence-corrected chi connectivity index (χ0v) is 16.5. The highest BCUT2D eigenvalue weighted by atomic mass is 16.5. The number of hydrogen-bond donors (Lipinski definition) is 2. The summed E-state index contributed by atoms with van der Waals surface area (Å²) in [6, 6.07) is 16.2. The van der Waals surface area contributed by atoms with E-state index in [4.69, 9.17) is 4.74 Å². The standard InChI is InChI=1S/C24H20N2O5/c27-13-16-9-15(11-25-12-16)10-22(23(28)29)26-24(30)31-14-21-19-7-3-1-5-17(19)18-6-2-4-8-20(18)21/h1-9,11-13,21-22H,10,14H2,(H,26,30)(H,28,29). The summed E-state index contributed by atoms with van der Waals surface area (Å²) in [6.45, 7) is 0.0916. The van der Waals surface area contributed by atoms with Crippen LogP contribution in [-0.2, 0) is 16.0 Å². The average molecular weight is 416 g/mol. The second kappa shape index (κ2) is 8.79. The molecule has 0 spiro atoms. The van der Waals surface area contributed by atoms with Gasteiger partial charge in [0.15, 0.2) is 6.29 Å². The Morgan fingerprint density at radius 2 is 1.71 bits per heavy atom. The highest BCUT2D eigenvalue weighted by Crippen LogP contribution is 2.44. The van der Waals surface area contributed by atoms with Crippen LogP contribution in [0.4, 0.5) is 4.79 Å². The minimum Gasteiger partial charge on any atom is -0.480 e. The number of benzene rings is 2. The highest BCUT2D eigenvalue weighted by molar-refractivity contribution is 5.81. The van der Waals surface area contributed by atoms with Crippen LogP contribution < -0.4 is 5.32 Å². The summed E-state index contributed by atoms with van der Waals surface area (Å²) in [4.78, 5) is 38.8. The normalized spacial score (nSPS) is 13.0. The first kappa shape index (κ1) is 20.3. The number of aromatic nitrogens is 1. The van der Waals surface area contributed by atoms with Crippen molar-refractivity contribution in [3.8, 4) is 11.1 Å². The van der Waals surface area contributed by atoms with Crippen LogP contribution >= 0.6 is 0 Å². The molecule has 2 aromatic carbocycles. The lowest BCUT2D eigenvalue weighted by Crippen LogP contribution is -2.43. The molecule has 1 heterocycles. The van der Waals surface area contributed by atoms with Crippen molar-refractivity contribution in [2.45, 2.75) is 18.4 Å². The first-order valence-corrected chi connectivity index (χ1v) is 9.80. The molecule has 4 rings (SSSR count). The summed E-state index contributed by atoms with van der Waals surface area (Å²) < 4.78 is 5.42. The molecule has 1 aliphatic rings. The molecular weight excluding hydrogens is 396 g/mol. The number of carboxylic acids is 1. The van der Waals surface area contributed by atoms with E-state index < -0.39 is 18.1 Å². The number of fused-ring (bicyclic) bond motifs is 3. The minimum absolute atomic E-state index is 0.0196. The van der Waals surface area contributed by atoms with Crippen molar-refractivity contribution < 1.29 is 24.2 Å². The number of ether oxygens (including phenoxy) is 1. The van der Waals surface area contributed by atoms with E-state index >= 15 is 0 Å². The molecule has 31 heavy (non-hydrogen) atoms. The maximum atomic E-state index is 12.4. The average Bonchev–Trinajstić information content (AvgIpc) is 3.11. The van der Waals surface area contributed by atoms with Crippen molar-refractivity contribution in [1.82, 2.24) is 10.3 Å². The van der Waals surface area contributed by atoms with Gasteiger partial charge in [0, 0.05) is 30.3 Å². The lowest BCUT2D eigenvalue weighted by atomic mass is 9.98. The van der Waals surface area contributed by atoms with Crippen LogP contribution in [-0.4, -0.2) is 41.1 Å². The Balaban J connectivity index is 1.43. The Morgan fingerprint density at radius 1 is 1.06 bits per heavy atom. The quantitative estimate of drug-likeness (QED) is 0.572. The molecule has 3 aromatic rings. The number of carbonyl (C=O) groups is 3. The molecule has 7 heteroatoms. The predicted molar refractivity (Wildman–Crippen MR) is 113 cm³/mol. The summed E-state index contributed by atoms with van der Waals surface area (Å²) in [7, 11) is 0. The number of carbonyl (C=O) groups excluding carboxylic acids is 2. The van der Waals surface area contributed by atoms with Gasteiger partial charge in [-0.2, -0.15) is 0 Å². The molecule has 1 amide bonds. The predicted octanol–water partition coefficient (Wildman–Crippen LogP) is 3.43. The van der Waals surface area contributed by atoms with E-state index in [0.717, 1.165) is 22.3 Å². The highest BCUT2D eigenvalue weighted by Gasteiger charge is 2.29. The number of aldehydes is 1. The van der Waals surface area contributed by atoms with Gasteiger partial charge >= 0.3 is 12.1 Å². The number of carboxylic acid groups (broad SMARTS) is 1. The van der Waals surface area contributed by atoms with E-state index in [-0.39, 0.29) is 18.9 Å². The second-order valence-electron chi connectivity index (χ2n) is 7.31. The van der Waals surface area contributed by atoms with Crippen molar-refractivity contribution in [1.29, 1.82) is 0 Å². The van der Waals surface area contributed by atoms with Crippen LogP contribution in [0, 0.1) is 0 Å². The molecule has 0 aliphatic heterocycles. The van der Waals surface area contributed by atoms with E-state index in [1.54, 1.807) is 0 Å². The zero-order chi connectivity index (χ0) is 21.8. The van der Waals surface area contributed by atoms with Crippen LogP contribution in [0.3, 0.4) is 0 Å². The smallest absolute Gasteiger partial charge is 0.407 e. The number of nitrogens with one attached hydrogen (secondary N) is 1. The van der Waals surface area contributed by atoms with Gasteiger partial charge in [0.2, 0.25) is 0 Å². The molecule has 1 atom stereocenters. The fraction of sp³-hybridized carbons (Fsp3) is 0.167. The second-order valence-corrected chi connectivity index (χ2v) is 7.31. The van der Waals surface area contributed by atoms with Gasteiger partial charge < -0.3 is 15.2 Å². The van der Waals surface area contributed by atoms with E-state index in [2.05, 4.69) is 10.3 Å². The molecular formula is C24H20N2O5. The van der Waals surface area contributed by atoms with Crippen molar-refractivity contribution in [2.24, 2.45) is 0 Å². The van der Waals surface area contributed by atoms with Crippen molar-refractivity contribution >= 4 is 18.3 Å². The summed E-state index contributed by atoms with van der Waals surface area (Å²) in [5.41, 5.74) is 5.22. The maximum absolute atomic E-state index is 12.4. The molecule has 0 radical (unpaired) electrons. The summed E-state index contributed by atoms with van der Waals surface area (Å²) in [5, 5.41) is 11.9. The Bertz CT molecular complexity index is 1100. The van der Waals surface area contributed by atoms with Crippen molar-refractivity contribution in [2.75, 3.05) is 6.61 Å². The van der Waals surface area contributed by atoms with Crippen LogP contribution in [0.2, 0.25) is 0 Å². The van der Waals surface area contributed by atoms with Crippen molar-refractivity contribution in [3.63, 3.8) is 0 Å². The molecule has 1 aliphatic carbocycles. The number of aliphatic carboxylic acids is 1. The molecule has 0 saturated carbocycles. The lowest BCUT2D eigenvalue weighted by Gasteiger charge is -2.17. The Morgan fingerprint density at radius 3 is 2.32 bits per heavy atom. The molecule has 1 unspecified atom stereocenters. The van der Waals surface area contributed by atoms with Crippen molar-refractivity contribution in [3.05, 3.63) is 89.2 Å². The molecule has 0 fully saturated rings. The number of rotatable bonds is 7. The third-order valence-electron chi connectivity index (χ3n) is 5.33. The fourth-order valence-electron chi connectivity index (χ4n) is 3.90. The number of alkyl carbamates (subject to hydrolysis) is 1. The molecule has 1 aromatic heterocycles. The molecule has 7 nitrogen and oxygen atoms in total. The summed E-state index contributed by atoms with van der Waals surface area (Å²) >= 11 is 0. The Hall–Kier alpha value is -4.00. The van der Waals surface area contributed by atoms with Crippen LogP contribution in [0.15, 0.2) is 67.0 Å². The molecule has 2 N–H and O–H groups in total. The Kier molecular flexibility index (Phi) is 5.75.